The number of hydrogen-bond donors (Lipinski definition) is 0. The van der Waals surface area contributed by atoms with Gasteiger partial charge in [0.1, 0.15) is 5.82 Å². The monoisotopic (exact) mass is 280 g/mol. The summed E-state index contributed by atoms with van der Waals surface area (Å²) in [6.45, 7) is 2.12. The first kappa shape index (κ1) is 12.4. The van der Waals surface area contributed by atoms with Crippen LogP contribution in [0.4, 0.5) is 0 Å². The van der Waals surface area contributed by atoms with Crippen LogP contribution >= 0.6 is 23.4 Å². The number of halogens is 1. The van der Waals surface area contributed by atoms with E-state index in [1.165, 1.54) is 35.4 Å². The van der Waals surface area contributed by atoms with Crippen LogP contribution in [0, 0.1) is 6.92 Å². The second kappa shape index (κ2) is 5.14. The highest BCUT2D eigenvalue weighted by Gasteiger charge is 2.21. The average Bonchev–Trinajstić information content (AvgIpc) is 2.80. The number of benzene rings is 1. The molecule has 1 fully saturated rings. The third-order valence-corrected chi connectivity index (χ3v) is 5.05. The van der Waals surface area contributed by atoms with Gasteiger partial charge in [-0.05, 0) is 37.1 Å². The van der Waals surface area contributed by atoms with Gasteiger partial charge in [0.2, 0.25) is 0 Å². The molecule has 1 aromatic carbocycles. The molecule has 1 unspecified atom stereocenters. The lowest BCUT2D eigenvalue weighted by atomic mass is 10.1. The summed E-state index contributed by atoms with van der Waals surface area (Å²) in [6, 6.07) is 6.96. The Morgan fingerprint density at radius 1 is 1.50 bits per heavy atom. The molecular weight excluding hydrogens is 264 g/mol. The summed E-state index contributed by atoms with van der Waals surface area (Å²) in [5.41, 5.74) is 3.60. The lowest BCUT2D eigenvalue weighted by Gasteiger charge is -2.25. The third-order valence-electron chi connectivity index (χ3n) is 3.62. The Morgan fingerprint density at radius 3 is 3.11 bits per heavy atom. The molecule has 96 valence electrons. The van der Waals surface area contributed by atoms with Crippen molar-refractivity contribution < 1.29 is 0 Å². The average molecular weight is 281 g/mol. The van der Waals surface area contributed by atoms with E-state index in [1.54, 1.807) is 0 Å². The summed E-state index contributed by atoms with van der Waals surface area (Å²) in [5.74, 6) is 3.99. The second-order valence-corrected chi connectivity index (χ2v) is 6.26. The fraction of sp³-hybridized carbons (Fsp3) is 0.500. The lowest BCUT2D eigenvalue weighted by Crippen LogP contribution is -2.17. The van der Waals surface area contributed by atoms with Crippen molar-refractivity contribution in [2.24, 2.45) is 0 Å². The molecule has 0 bridgehead atoms. The van der Waals surface area contributed by atoms with Gasteiger partial charge in [-0.1, -0.05) is 12.1 Å². The standard InChI is InChI=1S/C14H17ClN2S/c1-10-4-2-6-12-14(10)16-13(8-15)17(12)11-5-3-7-18-9-11/h2,4,6,11H,3,5,7-9H2,1H3. The summed E-state index contributed by atoms with van der Waals surface area (Å²) in [5, 5.41) is 0. The molecule has 3 rings (SSSR count). The van der Waals surface area contributed by atoms with Crippen molar-refractivity contribution in [2.75, 3.05) is 11.5 Å². The Bertz CT molecular complexity index is 558. The van der Waals surface area contributed by atoms with E-state index in [9.17, 15) is 0 Å². The van der Waals surface area contributed by atoms with Crippen LogP contribution in [0.2, 0.25) is 0 Å². The first-order chi connectivity index (χ1) is 8.81. The predicted octanol–water partition coefficient (Wildman–Crippen LogP) is 4.15. The van der Waals surface area contributed by atoms with Gasteiger partial charge in [-0.15, -0.1) is 11.6 Å². The largest absolute Gasteiger partial charge is 0.323 e. The Kier molecular flexibility index (Phi) is 3.53. The molecule has 0 radical (unpaired) electrons. The van der Waals surface area contributed by atoms with E-state index in [2.05, 4.69) is 29.7 Å². The van der Waals surface area contributed by atoms with E-state index < -0.39 is 0 Å². The molecule has 0 N–H and O–H groups in total. The zero-order chi connectivity index (χ0) is 12.5. The molecule has 1 aromatic heterocycles. The summed E-state index contributed by atoms with van der Waals surface area (Å²) in [4.78, 5) is 4.73. The Hall–Kier alpha value is -0.670. The van der Waals surface area contributed by atoms with Gasteiger partial charge in [0, 0.05) is 11.8 Å². The summed E-state index contributed by atoms with van der Waals surface area (Å²) >= 11 is 8.13. The number of aryl methyl sites for hydroxylation is 1. The number of hydrogen-bond acceptors (Lipinski definition) is 2. The molecule has 2 aromatic rings. The van der Waals surface area contributed by atoms with Gasteiger partial charge in [-0.25, -0.2) is 4.98 Å². The van der Waals surface area contributed by atoms with Gasteiger partial charge in [-0.3, -0.25) is 0 Å². The highest BCUT2D eigenvalue weighted by molar-refractivity contribution is 7.99. The highest BCUT2D eigenvalue weighted by Crippen LogP contribution is 2.32. The number of rotatable bonds is 2. The fourth-order valence-corrected chi connectivity index (χ4v) is 4.05. The molecule has 2 nitrogen and oxygen atoms in total. The maximum atomic E-state index is 6.08. The fourth-order valence-electron chi connectivity index (χ4n) is 2.73. The first-order valence-electron chi connectivity index (χ1n) is 6.41. The molecule has 0 aliphatic carbocycles. The minimum absolute atomic E-state index is 0.495. The molecular formula is C14H17ClN2S. The van der Waals surface area contributed by atoms with Crippen LogP contribution < -0.4 is 0 Å². The number of thioether (sulfide) groups is 1. The van der Waals surface area contributed by atoms with Crippen molar-refractivity contribution in [3.8, 4) is 0 Å². The van der Waals surface area contributed by atoms with Crippen molar-refractivity contribution in [2.45, 2.75) is 31.7 Å². The summed E-state index contributed by atoms with van der Waals surface area (Å²) < 4.78 is 2.38. The number of aromatic nitrogens is 2. The van der Waals surface area contributed by atoms with E-state index in [4.69, 9.17) is 16.6 Å². The second-order valence-electron chi connectivity index (χ2n) is 4.85. The van der Waals surface area contributed by atoms with Crippen LogP contribution in [0.5, 0.6) is 0 Å². The third kappa shape index (κ3) is 2.04. The lowest BCUT2D eigenvalue weighted by molar-refractivity contribution is 0.499. The smallest absolute Gasteiger partial charge is 0.125 e. The Labute approximate surface area is 117 Å². The van der Waals surface area contributed by atoms with Crippen molar-refractivity contribution in [1.29, 1.82) is 0 Å². The van der Waals surface area contributed by atoms with Crippen LogP contribution in [0.3, 0.4) is 0 Å². The quantitative estimate of drug-likeness (QED) is 0.769. The van der Waals surface area contributed by atoms with Gasteiger partial charge in [-0.2, -0.15) is 11.8 Å². The number of imidazole rings is 1. The normalized spacial score (nSPS) is 20.4. The van der Waals surface area contributed by atoms with E-state index in [0.717, 1.165) is 11.3 Å². The van der Waals surface area contributed by atoms with E-state index >= 15 is 0 Å². The topological polar surface area (TPSA) is 17.8 Å². The van der Waals surface area contributed by atoms with Gasteiger partial charge < -0.3 is 4.57 Å². The molecule has 0 saturated carbocycles. The van der Waals surface area contributed by atoms with E-state index in [0.29, 0.717) is 11.9 Å². The van der Waals surface area contributed by atoms with Gasteiger partial charge in [0.25, 0.3) is 0 Å². The number of alkyl halides is 1. The molecule has 1 aliphatic heterocycles. The van der Waals surface area contributed by atoms with Crippen molar-refractivity contribution in [1.82, 2.24) is 9.55 Å². The molecule has 1 saturated heterocycles. The molecule has 4 heteroatoms. The molecule has 0 spiro atoms. The Balaban J connectivity index is 2.16. The SMILES string of the molecule is Cc1cccc2c1nc(CCl)n2C1CCCSC1. The molecule has 1 aliphatic rings. The summed E-state index contributed by atoms with van der Waals surface area (Å²) in [7, 11) is 0. The molecule has 2 heterocycles. The van der Waals surface area contributed by atoms with Crippen LogP contribution in [-0.4, -0.2) is 21.1 Å². The predicted molar refractivity (Wildman–Crippen MR) is 79.6 cm³/mol. The maximum absolute atomic E-state index is 6.08. The van der Waals surface area contributed by atoms with Crippen LogP contribution in [0.15, 0.2) is 18.2 Å². The van der Waals surface area contributed by atoms with E-state index in [-0.39, 0.29) is 0 Å². The van der Waals surface area contributed by atoms with Gasteiger partial charge >= 0.3 is 0 Å². The summed E-state index contributed by atoms with van der Waals surface area (Å²) in [6.07, 6.45) is 2.54. The van der Waals surface area contributed by atoms with Crippen molar-refractivity contribution in [3.05, 3.63) is 29.6 Å². The molecule has 18 heavy (non-hydrogen) atoms. The first-order valence-corrected chi connectivity index (χ1v) is 8.10. The number of nitrogens with zero attached hydrogens (tertiary/aromatic N) is 2. The van der Waals surface area contributed by atoms with Gasteiger partial charge in [0.05, 0.1) is 16.9 Å². The van der Waals surface area contributed by atoms with Crippen LogP contribution in [0.25, 0.3) is 11.0 Å². The zero-order valence-electron chi connectivity index (χ0n) is 10.5. The highest BCUT2D eigenvalue weighted by atomic mass is 35.5. The molecule has 1 atom stereocenters. The minimum atomic E-state index is 0.495. The van der Waals surface area contributed by atoms with E-state index in [1.807, 2.05) is 11.8 Å². The Morgan fingerprint density at radius 2 is 2.39 bits per heavy atom. The number of para-hydroxylation sites is 1. The van der Waals surface area contributed by atoms with Gasteiger partial charge in [0.15, 0.2) is 0 Å². The minimum Gasteiger partial charge on any atom is -0.323 e. The zero-order valence-corrected chi connectivity index (χ0v) is 12.1. The number of fused-ring (bicyclic) bond motifs is 1. The van der Waals surface area contributed by atoms with Crippen molar-refractivity contribution >= 4 is 34.4 Å². The van der Waals surface area contributed by atoms with Crippen LogP contribution in [0.1, 0.15) is 30.3 Å². The maximum Gasteiger partial charge on any atom is 0.125 e. The van der Waals surface area contributed by atoms with Crippen LogP contribution in [-0.2, 0) is 5.88 Å². The van der Waals surface area contributed by atoms with Crippen molar-refractivity contribution in [3.63, 3.8) is 0 Å². The molecule has 0 amide bonds.